The molecule has 1 amide bonds. The number of hydrogen-bond donors (Lipinski definition) is 1. The van der Waals surface area contributed by atoms with E-state index >= 15 is 0 Å². The molecular weight excluding hydrogens is 206 g/mol. The molecule has 0 aliphatic heterocycles. The predicted octanol–water partition coefficient (Wildman–Crippen LogP) is 3.57. The van der Waals surface area contributed by atoms with Crippen molar-refractivity contribution in [3.8, 4) is 0 Å². The molecule has 0 aliphatic rings. The third kappa shape index (κ3) is 3.70. The maximum atomic E-state index is 10.5. The number of benzene rings is 1. The molecule has 0 saturated carbocycles. The molecule has 0 unspecified atom stereocenters. The van der Waals surface area contributed by atoms with E-state index in [1.807, 2.05) is 24.3 Å². The summed E-state index contributed by atoms with van der Waals surface area (Å²) in [6.07, 6.45) is 0. The van der Waals surface area contributed by atoms with Crippen LogP contribution in [0.4, 0.5) is 10.5 Å². The van der Waals surface area contributed by atoms with Crippen LogP contribution in [0.3, 0.4) is 0 Å². The van der Waals surface area contributed by atoms with Gasteiger partial charge in [0, 0.05) is 10.6 Å². The van der Waals surface area contributed by atoms with E-state index in [0.29, 0.717) is 0 Å². The molecular formula is C9H10ClNOS. The molecule has 0 aromatic heterocycles. The van der Waals surface area contributed by atoms with Gasteiger partial charge in [-0.15, -0.1) is 11.8 Å². The maximum absolute atomic E-state index is 10.5. The van der Waals surface area contributed by atoms with Crippen molar-refractivity contribution in [1.29, 1.82) is 0 Å². The summed E-state index contributed by atoms with van der Waals surface area (Å²) in [6.45, 7) is 2.10. The fourth-order valence-electron chi connectivity index (χ4n) is 0.915. The lowest BCUT2D eigenvalue weighted by Crippen LogP contribution is -2.00. The molecule has 0 heterocycles. The number of rotatable bonds is 3. The standard InChI is InChI=1S/C9H10ClNOS/c1-2-13-8-5-3-7(4-6-8)11-9(10)12/h3-6H,2H2,1H3,(H,11,12). The molecule has 2 nitrogen and oxygen atoms in total. The largest absolute Gasteiger partial charge is 0.318 e. The number of carbonyl (C=O) groups excluding carboxylic acids is 1. The second-order valence-corrected chi connectivity index (χ2v) is 4.04. The first-order chi connectivity index (χ1) is 6.22. The number of amides is 1. The quantitative estimate of drug-likeness (QED) is 0.475. The number of hydrogen-bond acceptors (Lipinski definition) is 2. The zero-order valence-electron chi connectivity index (χ0n) is 7.21. The van der Waals surface area contributed by atoms with E-state index in [0.717, 1.165) is 11.4 Å². The van der Waals surface area contributed by atoms with Crippen LogP contribution in [-0.2, 0) is 0 Å². The summed E-state index contributed by atoms with van der Waals surface area (Å²) in [4.78, 5) is 11.7. The zero-order chi connectivity index (χ0) is 9.68. The van der Waals surface area contributed by atoms with Gasteiger partial charge in [0.2, 0.25) is 0 Å². The maximum Gasteiger partial charge on any atom is 0.318 e. The lowest BCUT2D eigenvalue weighted by molar-refractivity contribution is 0.269. The molecule has 13 heavy (non-hydrogen) atoms. The molecule has 1 rings (SSSR count). The summed E-state index contributed by atoms with van der Waals surface area (Å²) in [6, 6.07) is 7.57. The van der Waals surface area contributed by atoms with Gasteiger partial charge in [-0.2, -0.15) is 0 Å². The Morgan fingerprint density at radius 1 is 1.46 bits per heavy atom. The number of anilines is 1. The highest BCUT2D eigenvalue weighted by atomic mass is 35.5. The van der Waals surface area contributed by atoms with E-state index in [1.165, 1.54) is 4.90 Å². The van der Waals surface area contributed by atoms with Gasteiger partial charge < -0.3 is 5.32 Å². The lowest BCUT2D eigenvalue weighted by Gasteiger charge is -2.01. The molecule has 0 radical (unpaired) electrons. The van der Waals surface area contributed by atoms with Gasteiger partial charge in [0.05, 0.1) is 0 Å². The Labute approximate surface area is 86.7 Å². The summed E-state index contributed by atoms with van der Waals surface area (Å²) < 4.78 is 0. The van der Waals surface area contributed by atoms with Crippen LogP contribution in [0.2, 0.25) is 0 Å². The first-order valence-electron chi connectivity index (χ1n) is 3.91. The number of nitrogens with one attached hydrogen (secondary N) is 1. The van der Waals surface area contributed by atoms with Crippen molar-refractivity contribution < 1.29 is 4.79 Å². The van der Waals surface area contributed by atoms with E-state index in [-0.39, 0.29) is 0 Å². The molecule has 1 N–H and O–H groups in total. The van der Waals surface area contributed by atoms with Crippen LogP contribution in [0.15, 0.2) is 29.2 Å². The summed E-state index contributed by atoms with van der Waals surface area (Å²) in [5, 5.41) is 1.93. The van der Waals surface area contributed by atoms with E-state index in [4.69, 9.17) is 11.6 Å². The molecule has 1 aromatic rings. The highest BCUT2D eigenvalue weighted by molar-refractivity contribution is 7.99. The normalized spacial score (nSPS) is 9.69. The van der Waals surface area contributed by atoms with E-state index in [9.17, 15) is 4.79 Å². The number of thioether (sulfide) groups is 1. The van der Waals surface area contributed by atoms with Crippen LogP contribution in [0.1, 0.15) is 6.92 Å². The number of halogens is 1. The summed E-state index contributed by atoms with van der Waals surface area (Å²) in [5.74, 6) is 1.04. The van der Waals surface area contributed by atoms with Gasteiger partial charge in [-0.05, 0) is 41.6 Å². The van der Waals surface area contributed by atoms with Crippen LogP contribution in [0, 0.1) is 0 Å². The van der Waals surface area contributed by atoms with Gasteiger partial charge in [-0.25, -0.2) is 0 Å². The Morgan fingerprint density at radius 2 is 2.08 bits per heavy atom. The van der Waals surface area contributed by atoms with E-state index in [1.54, 1.807) is 11.8 Å². The van der Waals surface area contributed by atoms with Crippen LogP contribution >= 0.6 is 23.4 Å². The predicted molar refractivity (Wildman–Crippen MR) is 57.7 cm³/mol. The van der Waals surface area contributed by atoms with Crippen molar-refractivity contribution in [2.24, 2.45) is 0 Å². The van der Waals surface area contributed by atoms with Gasteiger partial charge in [0.1, 0.15) is 0 Å². The molecule has 0 aliphatic carbocycles. The third-order valence-corrected chi connectivity index (χ3v) is 2.40. The molecule has 1 aromatic carbocycles. The Hall–Kier alpha value is -0.670. The first kappa shape index (κ1) is 10.4. The monoisotopic (exact) mass is 215 g/mol. The summed E-state index contributed by atoms with van der Waals surface area (Å²) in [7, 11) is 0. The van der Waals surface area contributed by atoms with Crippen molar-refractivity contribution in [1.82, 2.24) is 0 Å². The smallest absolute Gasteiger partial charge is 0.312 e. The molecule has 70 valence electrons. The Morgan fingerprint density at radius 3 is 2.54 bits per heavy atom. The average Bonchev–Trinajstić information content (AvgIpc) is 2.08. The van der Waals surface area contributed by atoms with Gasteiger partial charge in [0.25, 0.3) is 0 Å². The van der Waals surface area contributed by atoms with Crippen molar-refractivity contribution in [2.45, 2.75) is 11.8 Å². The molecule has 0 bridgehead atoms. The van der Waals surface area contributed by atoms with Gasteiger partial charge in [0.15, 0.2) is 0 Å². The van der Waals surface area contributed by atoms with E-state index in [2.05, 4.69) is 12.2 Å². The minimum absolute atomic E-state index is 0.559. The van der Waals surface area contributed by atoms with Crippen LogP contribution in [0.5, 0.6) is 0 Å². The lowest BCUT2D eigenvalue weighted by atomic mass is 10.3. The van der Waals surface area contributed by atoms with Crippen LogP contribution < -0.4 is 5.32 Å². The fraction of sp³-hybridized carbons (Fsp3) is 0.222. The Balaban J connectivity index is 2.64. The highest BCUT2D eigenvalue weighted by Crippen LogP contribution is 2.19. The van der Waals surface area contributed by atoms with Crippen molar-refractivity contribution in [3.63, 3.8) is 0 Å². The highest BCUT2D eigenvalue weighted by Gasteiger charge is 1.96. The SMILES string of the molecule is CCSc1ccc(NC(=O)Cl)cc1. The van der Waals surface area contributed by atoms with Crippen LogP contribution in [-0.4, -0.2) is 11.1 Å². The Bertz CT molecular complexity index is 286. The molecule has 4 heteroatoms. The zero-order valence-corrected chi connectivity index (χ0v) is 8.78. The topological polar surface area (TPSA) is 29.1 Å². The van der Waals surface area contributed by atoms with Crippen molar-refractivity contribution in [3.05, 3.63) is 24.3 Å². The molecule has 0 saturated heterocycles. The number of carbonyl (C=O) groups is 1. The average molecular weight is 216 g/mol. The third-order valence-electron chi connectivity index (χ3n) is 1.41. The first-order valence-corrected chi connectivity index (χ1v) is 5.28. The summed E-state index contributed by atoms with van der Waals surface area (Å²) >= 11 is 6.92. The van der Waals surface area contributed by atoms with Gasteiger partial charge in [-0.3, -0.25) is 4.79 Å². The Kier molecular flexibility index (Phi) is 4.12. The molecule has 0 spiro atoms. The van der Waals surface area contributed by atoms with E-state index < -0.39 is 5.37 Å². The molecule has 0 atom stereocenters. The van der Waals surface area contributed by atoms with Crippen LogP contribution in [0.25, 0.3) is 0 Å². The minimum Gasteiger partial charge on any atom is -0.312 e. The van der Waals surface area contributed by atoms with Crippen molar-refractivity contribution >= 4 is 34.4 Å². The summed E-state index contributed by atoms with van der Waals surface area (Å²) in [5.41, 5.74) is 0.723. The molecule has 0 fully saturated rings. The second kappa shape index (κ2) is 5.14. The minimum atomic E-state index is -0.559. The van der Waals surface area contributed by atoms with Gasteiger partial charge in [-0.1, -0.05) is 6.92 Å². The van der Waals surface area contributed by atoms with Crippen molar-refractivity contribution in [2.75, 3.05) is 11.1 Å². The fourth-order valence-corrected chi connectivity index (χ4v) is 1.69. The second-order valence-electron chi connectivity index (χ2n) is 2.36. The van der Waals surface area contributed by atoms with Gasteiger partial charge >= 0.3 is 5.37 Å².